The number of pyridine rings is 1. The number of para-hydroxylation sites is 1. The Balaban J connectivity index is 1.89. The average Bonchev–Trinajstić information content (AvgIpc) is 2.45. The largest absolute Gasteiger partial charge is 0.487 e. The Kier molecular flexibility index (Phi) is 3.70. The predicted molar refractivity (Wildman–Crippen MR) is 85.0 cm³/mol. The lowest BCUT2D eigenvalue weighted by Gasteiger charge is -2.09. The molecule has 20 heavy (non-hydrogen) atoms. The van der Waals surface area contributed by atoms with Crippen LogP contribution in [0.25, 0.3) is 10.9 Å². The van der Waals surface area contributed by atoms with Gasteiger partial charge in [0.2, 0.25) is 0 Å². The molecule has 1 aromatic heterocycles. The SMILES string of the molecule is Cc1ccc2cccc(OCc3cccc(Br)c3)c2n1. The van der Waals surface area contributed by atoms with Gasteiger partial charge < -0.3 is 4.74 Å². The van der Waals surface area contributed by atoms with Crippen molar-refractivity contribution in [1.82, 2.24) is 4.98 Å². The van der Waals surface area contributed by atoms with E-state index in [4.69, 9.17) is 4.74 Å². The summed E-state index contributed by atoms with van der Waals surface area (Å²) in [6.45, 7) is 2.53. The monoisotopic (exact) mass is 327 g/mol. The molecule has 2 aromatic carbocycles. The van der Waals surface area contributed by atoms with Gasteiger partial charge >= 0.3 is 0 Å². The molecule has 3 heteroatoms. The van der Waals surface area contributed by atoms with Crippen LogP contribution in [0.5, 0.6) is 5.75 Å². The lowest BCUT2D eigenvalue weighted by Crippen LogP contribution is -1.97. The molecule has 100 valence electrons. The van der Waals surface area contributed by atoms with Crippen molar-refractivity contribution in [3.05, 3.63) is 70.3 Å². The van der Waals surface area contributed by atoms with Crippen LogP contribution >= 0.6 is 15.9 Å². The van der Waals surface area contributed by atoms with E-state index in [1.165, 1.54) is 0 Å². The molecule has 0 amide bonds. The molecule has 0 spiro atoms. The normalized spacial score (nSPS) is 10.7. The van der Waals surface area contributed by atoms with Gasteiger partial charge in [-0.3, -0.25) is 0 Å². The van der Waals surface area contributed by atoms with E-state index < -0.39 is 0 Å². The minimum atomic E-state index is 0.536. The first kappa shape index (κ1) is 13.1. The maximum atomic E-state index is 5.93. The molecular formula is C17H14BrNO. The standard InChI is InChI=1S/C17H14BrNO/c1-12-8-9-14-5-3-7-16(17(14)19-12)20-11-13-4-2-6-15(18)10-13/h2-10H,11H2,1H3. The molecule has 1 heterocycles. The molecule has 3 rings (SSSR count). The van der Waals surface area contributed by atoms with E-state index >= 15 is 0 Å². The third-order valence-electron chi connectivity index (χ3n) is 3.11. The number of nitrogens with zero attached hydrogens (tertiary/aromatic N) is 1. The Morgan fingerprint density at radius 3 is 2.75 bits per heavy atom. The van der Waals surface area contributed by atoms with Gasteiger partial charge in [0.25, 0.3) is 0 Å². The van der Waals surface area contributed by atoms with Crippen molar-refractivity contribution in [2.45, 2.75) is 13.5 Å². The summed E-state index contributed by atoms with van der Waals surface area (Å²) in [5.74, 6) is 0.825. The Hall–Kier alpha value is -1.87. The molecular weight excluding hydrogens is 314 g/mol. The second-order valence-corrected chi connectivity index (χ2v) is 5.61. The zero-order valence-electron chi connectivity index (χ0n) is 11.1. The van der Waals surface area contributed by atoms with Crippen molar-refractivity contribution in [3.63, 3.8) is 0 Å². The quantitative estimate of drug-likeness (QED) is 0.683. The molecule has 0 saturated heterocycles. The summed E-state index contributed by atoms with van der Waals surface area (Å²) in [5.41, 5.74) is 3.04. The first-order valence-corrected chi connectivity index (χ1v) is 7.25. The highest BCUT2D eigenvalue weighted by Gasteiger charge is 2.04. The van der Waals surface area contributed by atoms with Gasteiger partial charge in [-0.15, -0.1) is 0 Å². The van der Waals surface area contributed by atoms with Crippen molar-refractivity contribution in [1.29, 1.82) is 0 Å². The molecule has 0 fully saturated rings. The molecule has 0 aliphatic carbocycles. The number of rotatable bonds is 3. The number of ether oxygens (including phenoxy) is 1. The maximum absolute atomic E-state index is 5.93. The van der Waals surface area contributed by atoms with Crippen LogP contribution in [0, 0.1) is 6.92 Å². The molecule has 0 aliphatic rings. The number of aryl methyl sites for hydroxylation is 1. The topological polar surface area (TPSA) is 22.1 Å². The molecule has 0 unspecified atom stereocenters. The fourth-order valence-corrected chi connectivity index (χ4v) is 2.57. The number of aromatic nitrogens is 1. The summed E-state index contributed by atoms with van der Waals surface area (Å²) < 4.78 is 6.99. The van der Waals surface area contributed by atoms with Gasteiger partial charge in [0.15, 0.2) is 0 Å². The number of benzene rings is 2. The summed E-state index contributed by atoms with van der Waals surface area (Å²) in [6.07, 6.45) is 0. The summed E-state index contributed by atoms with van der Waals surface area (Å²) >= 11 is 3.47. The third kappa shape index (κ3) is 2.83. The highest BCUT2D eigenvalue weighted by Crippen LogP contribution is 2.25. The molecule has 0 radical (unpaired) electrons. The van der Waals surface area contributed by atoms with Crippen molar-refractivity contribution < 1.29 is 4.74 Å². The van der Waals surface area contributed by atoms with Crippen LogP contribution in [0.1, 0.15) is 11.3 Å². The van der Waals surface area contributed by atoms with Crippen LogP contribution in [0.15, 0.2) is 59.1 Å². The van der Waals surface area contributed by atoms with Crippen molar-refractivity contribution in [3.8, 4) is 5.75 Å². The minimum Gasteiger partial charge on any atom is -0.487 e. The smallest absolute Gasteiger partial charge is 0.146 e. The average molecular weight is 328 g/mol. The number of halogens is 1. The van der Waals surface area contributed by atoms with Gasteiger partial charge in [-0.1, -0.05) is 46.3 Å². The van der Waals surface area contributed by atoms with E-state index in [2.05, 4.69) is 39.1 Å². The van der Waals surface area contributed by atoms with Gasteiger partial charge in [-0.2, -0.15) is 0 Å². The molecule has 0 atom stereocenters. The number of hydrogen-bond acceptors (Lipinski definition) is 2. The number of hydrogen-bond donors (Lipinski definition) is 0. The van der Waals surface area contributed by atoms with Crippen LogP contribution in [-0.4, -0.2) is 4.98 Å². The van der Waals surface area contributed by atoms with Crippen LogP contribution in [0.2, 0.25) is 0 Å². The van der Waals surface area contributed by atoms with Crippen molar-refractivity contribution in [2.75, 3.05) is 0 Å². The Morgan fingerprint density at radius 1 is 1.05 bits per heavy atom. The van der Waals surface area contributed by atoms with E-state index in [0.717, 1.165) is 32.4 Å². The predicted octanol–water partition coefficient (Wildman–Crippen LogP) is 4.88. The van der Waals surface area contributed by atoms with Crippen LogP contribution in [-0.2, 0) is 6.61 Å². The zero-order valence-corrected chi connectivity index (χ0v) is 12.7. The Morgan fingerprint density at radius 2 is 1.90 bits per heavy atom. The lowest BCUT2D eigenvalue weighted by molar-refractivity contribution is 0.309. The Bertz CT molecular complexity index is 755. The second-order valence-electron chi connectivity index (χ2n) is 4.70. The van der Waals surface area contributed by atoms with E-state index in [9.17, 15) is 0 Å². The van der Waals surface area contributed by atoms with E-state index in [1.807, 2.05) is 43.3 Å². The van der Waals surface area contributed by atoms with E-state index in [1.54, 1.807) is 0 Å². The summed E-state index contributed by atoms with van der Waals surface area (Å²) in [5, 5.41) is 1.10. The first-order valence-electron chi connectivity index (χ1n) is 6.46. The summed E-state index contributed by atoms with van der Waals surface area (Å²) in [6, 6.07) is 18.2. The fourth-order valence-electron chi connectivity index (χ4n) is 2.12. The molecule has 0 N–H and O–H groups in total. The molecule has 3 aromatic rings. The van der Waals surface area contributed by atoms with Gasteiger partial charge in [0.05, 0.1) is 0 Å². The Labute approximate surface area is 126 Å². The fraction of sp³-hybridized carbons (Fsp3) is 0.118. The lowest BCUT2D eigenvalue weighted by atomic mass is 10.2. The third-order valence-corrected chi connectivity index (χ3v) is 3.60. The summed E-state index contributed by atoms with van der Waals surface area (Å²) in [7, 11) is 0. The van der Waals surface area contributed by atoms with Gasteiger partial charge in [-0.05, 0) is 36.8 Å². The van der Waals surface area contributed by atoms with E-state index in [-0.39, 0.29) is 0 Å². The maximum Gasteiger partial charge on any atom is 0.146 e. The molecule has 0 aliphatic heterocycles. The van der Waals surface area contributed by atoms with Gasteiger partial charge in [-0.25, -0.2) is 4.98 Å². The summed E-state index contributed by atoms with van der Waals surface area (Å²) in [4.78, 5) is 4.57. The van der Waals surface area contributed by atoms with E-state index in [0.29, 0.717) is 6.61 Å². The highest BCUT2D eigenvalue weighted by atomic mass is 79.9. The van der Waals surface area contributed by atoms with Crippen LogP contribution in [0.3, 0.4) is 0 Å². The molecule has 0 bridgehead atoms. The van der Waals surface area contributed by atoms with Crippen LogP contribution in [0.4, 0.5) is 0 Å². The van der Waals surface area contributed by atoms with Crippen molar-refractivity contribution in [2.24, 2.45) is 0 Å². The minimum absolute atomic E-state index is 0.536. The molecule has 0 saturated carbocycles. The van der Waals surface area contributed by atoms with Crippen molar-refractivity contribution >= 4 is 26.8 Å². The molecule has 2 nitrogen and oxygen atoms in total. The number of fused-ring (bicyclic) bond motifs is 1. The van der Waals surface area contributed by atoms with Crippen LogP contribution < -0.4 is 4.74 Å². The first-order chi connectivity index (χ1) is 9.72. The second kappa shape index (κ2) is 5.63. The van der Waals surface area contributed by atoms with Gasteiger partial charge in [0, 0.05) is 15.6 Å². The highest BCUT2D eigenvalue weighted by molar-refractivity contribution is 9.10. The van der Waals surface area contributed by atoms with Gasteiger partial charge in [0.1, 0.15) is 17.9 Å². The zero-order chi connectivity index (χ0) is 13.9.